The van der Waals surface area contributed by atoms with Gasteiger partial charge in [0.1, 0.15) is 5.01 Å². The van der Waals surface area contributed by atoms with Crippen molar-refractivity contribution in [3.05, 3.63) is 61.7 Å². The fourth-order valence-corrected chi connectivity index (χ4v) is 5.85. The van der Waals surface area contributed by atoms with Crippen molar-refractivity contribution < 1.29 is 0 Å². The predicted octanol–water partition coefficient (Wildman–Crippen LogP) is 3.58. The number of aromatic nitrogens is 5. The van der Waals surface area contributed by atoms with Gasteiger partial charge >= 0.3 is 0 Å². The highest BCUT2D eigenvalue weighted by atomic mass is 32.2. The molecule has 0 spiro atoms. The summed E-state index contributed by atoms with van der Waals surface area (Å²) in [6.07, 6.45) is 4.29. The van der Waals surface area contributed by atoms with Gasteiger partial charge in [0.15, 0.2) is 5.16 Å². The van der Waals surface area contributed by atoms with Crippen LogP contribution in [-0.4, -0.2) is 24.1 Å². The number of fused-ring (bicyclic) bond motifs is 2. The molecule has 1 fully saturated rings. The number of nitrogens with zero attached hydrogens (tertiary/aromatic N) is 5. The first-order chi connectivity index (χ1) is 14.1. The zero-order valence-corrected chi connectivity index (χ0v) is 17.5. The molecular weight excluding hydrogens is 406 g/mol. The van der Waals surface area contributed by atoms with Crippen LogP contribution in [0.5, 0.6) is 0 Å². The van der Waals surface area contributed by atoms with Gasteiger partial charge in [0, 0.05) is 17.8 Å². The van der Waals surface area contributed by atoms with Crippen molar-refractivity contribution in [3.8, 4) is 0 Å². The van der Waals surface area contributed by atoms with Gasteiger partial charge < -0.3 is 0 Å². The Hall–Kier alpha value is -2.52. The maximum atomic E-state index is 13.2. The van der Waals surface area contributed by atoms with Crippen LogP contribution >= 0.6 is 23.1 Å². The summed E-state index contributed by atoms with van der Waals surface area (Å²) in [5.74, 6) is 0.532. The summed E-state index contributed by atoms with van der Waals surface area (Å²) < 4.78 is 3.22. The number of hydrogen-bond acceptors (Lipinski definition) is 7. The summed E-state index contributed by atoms with van der Waals surface area (Å²) in [5.41, 5.74) is 1.26. The minimum absolute atomic E-state index is 0.0304. The van der Waals surface area contributed by atoms with Gasteiger partial charge in [0.2, 0.25) is 4.96 Å². The molecule has 1 aromatic carbocycles. The van der Waals surface area contributed by atoms with E-state index in [0.717, 1.165) is 35.8 Å². The summed E-state index contributed by atoms with van der Waals surface area (Å²) in [5, 5.41) is 6.57. The molecule has 0 radical (unpaired) electrons. The number of para-hydroxylation sites is 1. The predicted molar refractivity (Wildman–Crippen MR) is 115 cm³/mol. The maximum absolute atomic E-state index is 13.2. The van der Waals surface area contributed by atoms with Crippen LogP contribution in [0.15, 0.2) is 45.1 Å². The molecule has 0 N–H and O–H groups in total. The molecule has 3 heterocycles. The van der Waals surface area contributed by atoms with Crippen LogP contribution in [-0.2, 0) is 5.75 Å². The summed E-state index contributed by atoms with van der Waals surface area (Å²) in [7, 11) is 0. The van der Waals surface area contributed by atoms with Gasteiger partial charge in [-0.1, -0.05) is 48.1 Å². The third-order valence-corrected chi connectivity index (χ3v) is 7.26. The molecule has 0 unspecified atom stereocenters. The number of hydrogen-bond donors (Lipinski definition) is 0. The van der Waals surface area contributed by atoms with Crippen molar-refractivity contribution in [2.45, 2.75) is 49.6 Å². The van der Waals surface area contributed by atoms with Crippen molar-refractivity contribution in [1.82, 2.24) is 24.1 Å². The van der Waals surface area contributed by atoms with Crippen molar-refractivity contribution >= 4 is 39.0 Å². The molecule has 0 amide bonds. The van der Waals surface area contributed by atoms with Crippen molar-refractivity contribution in [2.75, 3.05) is 0 Å². The standard InChI is InChI=1S/C20H19N5O2S2/c1-12-10-17(26)25-20(21-12)29-16(23-25)11-28-19-22-15-9-5-4-8-14(15)18(27)24(19)13-6-2-3-7-13/h4-5,8-10,13H,2-3,6-7,11H2,1H3. The van der Waals surface area contributed by atoms with Crippen molar-refractivity contribution in [2.24, 2.45) is 0 Å². The van der Waals surface area contributed by atoms with E-state index in [4.69, 9.17) is 4.98 Å². The summed E-state index contributed by atoms with van der Waals surface area (Å²) in [6, 6.07) is 9.18. The third kappa shape index (κ3) is 3.38. The normalized spacial score (nSPS) is 14.9. The molecule has 9 heteroatoms. The van der Waals surface area contributed by atoms with Crippen LogP contribution in [0.4, 0.5) is 0 Å². The molecule has 0 bridgehead atoms. The van der Waals surface area contributed by atoms with Crippen LogP contribution < -0.4 is 11.1 Å². The number of rotatable bonds is 4. The van der Waals surface area contributed by atoms with E-state index >= 15 is 0 Å². The highest BCUT2D eigenvalue weighted by molar-refractivity contribution is 7.98. The van der Waals surface area contributed by atoms with Crippen molar-refractivity contribution in [1.29, 1.82) is 0 Å². The fourth-order valence-electron chi connectivity index (χ4n) is 3.86. The Labute approximate surface area is 174 Å². The van der Waals surface area contributed by atoms with Gasteiger partial charge in [-0.15, -0.1) is 0 Å². The van der Waals surface area contributed by atoms with E-state index in [2.05, 4.69) is 10.1 Å². The van der Waals surface area contributed by atoms with Gasteiger partial charge in [0.25, 0.3) is 11.1 Å². The summed E-state index contributed by atoms with van der Waals surface area (Å²) in [6.45, 7) is 1.80. The lowest BCUT2D eigenvalue weighted by molar-refractivity contribution is 0.457. The van der Waals surface area contributed by atoms with Crippen LogP contribution in [0.25, 0.3) is 15.9 Å². The van der Waals surface area contributed by atoms with E-state index in [-0.39, 0.29) is 17.2 Å². The highest BCUT2D eigenvalue weighted by Crippen LogP contribution is 2.33. The zero-order valence-electron chi connectivity index (χ0n) is 15.9. The van der Waals surface area contributed by atoms with E-state index in [0.29, 0.717) is 27.3 Å². The lowest BCUT2D eigenvalue weighted by Gasteiger charge is -2.18. The lowest BCUT2D eigenvalue weighted by Crippen LogP contribution is -2.26. The average Bonchev–Trinajstić information content (AvgIpc) is 3.36. The Balaban J connectivity index is 1.54. The second-order valence-electron chi connectivity index (χ2n) is 7.24. The number of aryl methyl sites for hydroxylation is 1. The molecule has 7 nitrogen and oxygen atoms in total. The minimum atomic E-state index is -0.174. The third-order valence-electron chi connectivity index (χ3n) is 5.20. The van der Waals surface area contributed by atoms with E-state index < -0.39 is 0 Å². The molecule has 0 saturated heterocycles. The first-order valence-corrected chi connectivity index (χ1v) is 11.4. The second kappa shape index (κ2) is 7.38. The van der Waals surface area contributed by atoms with Crippen LogP contribution in [0, 0.1) is 6.92 Å². The topological polar surface area (TPSA) is 82.2 Å². The fraction of sp³-hybridized carbons (Fsp3) is 0.350. The van der Waals surface area contributed by atoms with Gasteiger partial charge in [-0.25, -0.2) is 9.97 Å². The van der Waals surface area contributed by atoms with Crippen LogP contribution in [0.2, 0.25) is 0 Å². The first kappa shape index (κ1) is 18.5. The lowest BCUT2D eigenvalue weighted by atomic mass is 10.2. The first-order valence-electron chi connectivity index (χ1n) is 9.60. The molecule has 3 aromatic heterocycles. The number of benzene rings is 1. The molecule has 1 saturated carbocycles. The molecule has 1 aliphatic carbocycles. The SMILES string of the molecule is Cc1cc(=O)n2nc(CSc3nc4ccccc4c(=O)n3C3CCCC3)sc2n1. The van der Waals surface area contributed by atoms with Crippen LogP contribution in [0.3, 0.4) is 0 Å². The van der Waals surface area contributed by atoms with Gasteiger partial charge in [-0.2, -0.15) is 9.61 Å². The van der Waals surface area contributed by atoms with E-state index in [1.165, 1.54) is 33.7 Å². The highest BCUT2D eigenvalue weighted by Gasteiger charge is 2.23. The Morgan fingerprint density at radius 3 is 2.79 bits per heavy atom. The van der Waals surface area contributed by atoms with E-state index in [9.17, 15) is 9.59 Å². The Morgan fingerprint density at radius 1 is 1.17 bits per heavy atom. The Kier molecular flexibility index (Phi) is 4.71. The maximum Gasteiger partial charge on any atom is 0.275 e. The smallest absolute Gasteiger partial charge is 0.275 e. The quantitative estimate of drug-likeness (QED) is 0.367. The molecule has 0 aliphatic heterocycles. The van der Waals surface area contributed by atoms with Gasteiger partial charge in [0.05, 0.1) is 16.7 Å². The molecule has 0 atom stereocenters. The minimum Gasteiger partial charge on any atom is -0.284 e. The molecule has 29 heavy (non-hydrogen) atoms. The average molecular weight is 426 g/mol. The summed E-state index contributed by atoms with van der Waals surface area (Å²) in [4.78, 5) is 35.1. The second-order valence-corrected chi connectivity index (χ2v) is 9.22. The molecule has 1 aliphatic rings. The summed E-state index contributed by atoms with van der Waals surface area (Å²) >= 11 is 2.89. The number of thioether (sulfide) groups is 1. The molecule has 5 rings (SSSR count). The van der Waals surface area contributed by atoms with Gasteiger partial charge in [-0.3, -0.25) is 14.2 Å². The largest absolute Gasteiger partial charge is 0.284 e. The monoisotopic (exact) mass is 425 g/mol. The Bertz CT molecular complexity index is 1330. The Morgan fingerprint density at radius 2 is 1.97 bits per heavy atom. The molecular formula is C20H19N5O2S2. The molecule has 148 valence electrons. The van der Waals surface area contributed by atoms with Gasteiger partial charge in [-0.05, 0) is 31.9 Å². The zero-order chi connectivity index (χ0) is 20.0. The van der Waals surface area contributed by atoms with Crippen molar-refractivity contribution in [3.63, 3.8) is 0 Å². The van der Waals surface area contributed by atoms with E-state index in [1.807, 2.05) is 28.8 Å². The van der Waals surface area contributed by atoms with E-state index in [1.54, 1.807) is 6.92 Å². The molecule has 4 aromatic rings. The van der Waals surface area contributed by atoms with Crippen LogP contribution in [0.1, 0.15) is 42.4 Å².